The number of nitrogens with one attached hydrogen (secondary N) is 1. The number of benzene rings is 1. The number of halogens is 1. The molecular weight excluding hydrogens is 301 g/mol. The van der Waals surface area contributed by atoms with Crippen molar-refractivity contribution in [3.05, 3.63) is 28.1 Å². The minimum Gasteiger partial charge on any atom is -0.397 e. The molecule has 1 unspecified atom stereocenters. The largest absolute Gasteiger partial charge is 0.397 e. The van der Waals surface area contributed by atoms with Crippen molar-refractivity contribution < 1.29 is 17.7 Å². The standard InChI is InChI=1S/C12H16FN3O4S/c1-7(8-2-3-8)6-15-21(19,20)12-10(13)4-9(16(17)18)5-11(12)14/h4-5,7-8,15H,2-3,6,14H2,1H3. The highest BCUT2D eigenvalue weighted by Crippen LogP contribution is 2.36. The number of anilines is 1. The number of nitrogen functional groups attached to an aromatic ring is 1. The average Bonchev–Trinajstić information content (AvgIpc) is 3.18. The van der Waals surface area contributed by atoms with Crippen molar-refractivity contribution in [1.29, 1.82) is 0 Å². The van der Waals surface area contributed by atoms with Gasteiger partial charge in [0.1, 0.15) is 4.90 Å². The summed E-state index contributed by atoms with van der Waals surface area (Å²) in [5.74, 6) is -0.581. The van der Waals surface area contributed by atoms with Gasteiger partial charge in [-0.3, -0.25) is 10.1 Å². The Morgan fingerprint density at radius 3 is 2.62 bits per heavy atom. The second-order valence-corrected chi connectivity index (χ2v) is 6.97. The summed E-state index contributed by atoms with van der Waals surface area (Å²) in [6.45, 7) is 2.10. The molecule has 0 spiro atoms. The van der Waals surface area contributed by atoms with Crippen molar-refractivity contribution in [2.45, 2.75) is 24.7 Å². The van der Waals surface area contributed by atoms with Crippen LogP contribution in [-0.2, 0) is 10.0 Å². The van der Waals surface area contributed by atoms with E-state index in [1.54, 1.807) is 0 Å². The molecular formula is C12H16FN3O4S. The zero-order chi connectivity index (χ0) is 15.8. The molecule has 0 bridgehead atoms. The van der Waals surface area contributed by atoms with Crippen LogP contribution in [0, 0.1) is 27.8 Å². The molecule has 0 aliphatic heterocycles. The van der Waals surface area contributed by atoms with E-state index in [-0.39, 0.29) is 12.5 Å². The van der Waals surface area contributed by atoms with Crippen LogP contribution in [0.4, 0.5) is 15.8 Å². The molecule has 0 aromatic heterocycles. The van der Waals surface area contributed by atoms with Crippen LogP contribution in [0.25, 0.3) is 0 Å². The van der Waals surface area contributed by atoms with Crippen molar-refractivity contribution in [1.82, 2.24) is 4.72 Å². The number of hydrogen-bond acceptors (Lipinski definition) is 5. The first-order chi connectivity index (χ1) is 9.72. The summed E-state index contributed by atoms with van der Waals surface area (Å²) in [6.07, 6.45) is 2.13. The van der Waals surface area contributed by atoms with Gasteiger partial charge in [-0.25, -0.2) is 17.5 Å². The van der Waals surface area contributed by atoms with Crippen molar-refractivity contribution in [2.75, 3.05) is 12.3 Å². The molecule has 2 rings (SSSR count). The summed E-state index contributed by atoms with van der Waals surface area (Å²) in [5.41, 5.74) is 4.39. The fourth-order valence-electron chi connectivity index (χ4n) is 2.13. The minimum atomic E-state index is -4.14. The predicted molar refractivity (Wildman–Crippen MR) is 74.5 cm³/mol. The Hall–Kier alpha value is -1.74. The average molecular weight is 317 g/mol. The van der Waals surface area contributed by atoms with Crippen molar-refractivity contribution >= 4 is 21.4 Å². The monoisotopic (exact) mass is 317 g/mol. The van der Waals surface area contributed by atoms with Gasteiger partial charge in [0.05, 0.1) is 16.7 Å². The van der Waals surface area contributed by atoms with Crippen LogP contribution >= 0.6 is 0 Å². The second-order valence-electron chi connectivity index (χ2n) is 5.27. The highest BCUT2D eigenvalue weighted by molar-refractivity contribution is 7.89. The first-order valence-corrected chi connectivity index (χ1v) is 7.93. The first-order valence-electron chi connectivity index (χ1n) is 6.45. The maximum Gasteiger partial charge on any atom is 0.274 e. The molecule has 0 amide bonds. The maximum atomic E-state index is 13.9. The Balaban J connectivity index is 2.24. The van der Waals surface area contributed by atoms with E-state index in [1.807, 2.05) is 6.92 Å². The van der Waals surface area contributed by atoms with E-state index in [4.69, 9.17) is 5.73 Å². The Morgan fingerprint density at radius 1 is 1.52 bits per heavy atom. The van der Waals surface area contributed by atoms with E-state index in [0.29, 0.717) is 12.0 Å². The second kappa shape index (κ2) is 5.57. The molecule has 0 saturated heterocycles. The maximum absolute atomic E-state index is 13.9. The van der Waals surface area contributed by atoms with Crippen LogP contribution in [0.2, 0.25) is 0 Å². The van der Waals surface area contributed by atoms with Gasteiger partial charge in [-0.2, -0.15) is 0 Å². The fourth-order valence-corrected chi connectivity index (χ4v) is 3.45. The topological polar surface area (TPSA) is 115 Å². The van der Waals surface area contributed by atoms with E-state index in [0.717, 1.165) is 18.9 Å². The lowest BCUT2D eigenvalue weighted by Crippen LogP contribution is -2.30. The molecule has 1 aliphatic carbocycles. The summed E-state index contributed by atoms with van der Waals surface area (Å²) in [6, 6.07) is 1.39. The number of sulfonamides is 1. The van der Waals surface area contributed by atoms with Crippen molar-refractivity contribution in [3.8, 4) is 0 Å². The zero-order valence-corrected chi connectivity index (χ0v) is 12.2. The van der Waals surface area contributed by atoms with Crippen molar-refractivity contribution in [3.63, 3.8) is 0 Å². The summed E-state index contributed by atoms with van der Waals surface area (Å²) in [7, 11) is -4.14. The number of nitro groups is 1. The van der Waals surface area contributed by atoms with Crippen LogP contribution in [0.3, 0.4) is 0 Å². The lowest BCUT2D eigenvalue weighted by molar-refractivity contribution is -0.385. The molecule has 1 fully saturated rings. The molecule has 1 aliphatic rings. The van der Waals surface area contributed by atoms with Crippen LogP contribution in [0.5, 0.6) is 0 Å². The molecule has 1 saturated carbocycles. The molecule has 1 aromatic rings. The van der Waals surface area contributed by atoms with Gasteiger partial charge in [0, 0.05) is 12.6 Å². The Kier molecular flexibility index (Phi) is 4.15. The van der Waals surface area contributed by atoms with Crippen molar-refractivity contribution in [2.24, 2.45) is 11.8 Å². The molecule has 3 N–H and O–H groups in total. The van der Waals surface area contributed by atoms with Crippen LogP contribution in [-0.4, -0.2) is 19.9 Å². The van der Waals surface area contributed by atoms with Gasteiger partial charge >= 0.3 is 0 Å². The molecule has 0 radical (unpaired) electrons. The summed E-state index contributed by atoms with van der Waals surface area (Å²) in [4.78, 5) is 9.01. The Labute approximate surface area is 121 Å². The zero-order valence-electron chi connectivity index (χ0n) is 11.4. The van der Waals surface area contributed by atoms with E-state index in [1.165, 1.54) is 0 Å². The van der Waals surface area contributed by atoms with Gasteiger partial charge in [-0.15, -0.1) is 0 Å². The third-order valence-electron chi connectivity index (χ3n) is 3.56. The summed E-state index contributed by atoms with van der Waals surface area (Å²) in [5, 5.41) is 10.6. The Morgan fingerprint density at radius 2 is 2.14 bits per heavy atom. The predicted octanol–water partition coefficient (Wildman–Crippen LogP) is 1.64. The number of non-ortho nitro benzene ring substituents is 1. The van der Waals surface area contributed by atoms with Gasteiger partial charge in [-0.05, 0) is 24.7 Å². The van der Waals surface area contributed by atoms with E-state index in [2.05, 4.69) is 4.72 Å². The number of nitrogens with two attached hydrogens (primary N) is 1. The van der Waals surface area contributed by atoms with Gasteiger partial charge in [0.25, 0.3) is 5.69 Å². The van der Waals surface area contributed by atoms with Crippen LogP contribution in [0.15, 0.2) is 17.0 Å². The molecule has 1 aromatic carbocycles. The molecule has 7 nitrogen and oxygen atoms in total. The fraction of sp³-hybridized carbons (Fsp3) is 0.500. The molecule has 0 heterocycles. The van der Waals surface area contributed by atoms with E-state index in [9.17, 15) is 22.9 Å². The summed E-state index contributed by atoms with van der Waals surface area (Å²) >= 11 is 0. The molecule has 21 heavy (non-hydrogen) atoms. The minimum absolute atomic E-state index is 0.155. The lowest BCUT2D eigenvalue weighted by atomic mass is 10.1. The SMILES string of the molecule is CC(CNS(=O)(=O)c1c(N)cc([N+](=O)[O-])cc1F)C1CC1. The quantitative estimate of drug-likeness (QED) is 0.470. The highest BCUT2D eigenvalue weighted by atomic mass is 32.2. The number of nitro benzene ring substituents is 1. The number of hydrogen-bond donors (Lipinski definition) is 2. The van der Waals surface area contributed by atoms with E-state index < -0.39 is 37.0 Å². The lowest BCUT2D eigenvalue weighted by Gasteiger charge is -2.13. The molecule has 1 atom stereocenters. The first kappa shape index (κ1) is 15.6. The molecule has 9 heteroatoms. The van der Waals surface area contributed by atoms with Gasteiger partial charge < -0.3 is 5.73 Å². The van der Waals surface area contributed by atoms with Gasteiger partial charge in [-0.1, -0.05) is 6.92 Å². The highest BCUT2D eigenvalue weighted by Gasteiger charge is 2.30. The smallest absolute Gasteiger partial charge is 0.274 e. The van der Waals surface area contributed by atoms with Crippen LogP contribution < -0.4 is 10.5 Å². The van der Waals surface area contributed by atoms with Crippen LogP contribution in [0.1, 0.15) is 19.8 Å². The van der Waals surface area contributed by atoms with Gasteiger partial charge in [0.2, 0.25) is 10.0 Å². The molecule has 116 valence electrons. The summed E-state index contributed by atoms with van der Waals surface area (Å²) < 4.78 is 40.4. The third-order valence-corrected chi connectivity index (χ3v) is 5.07. The third kappa shape index (κ3) is 3.48. The van der Waals surface area contributed by atoms with E-state index >= 15 is 0 Å². The van der Waals surface area contributed by atoms with Gasteiger partial charge in [0.15, 0.2) is 5.82 Å². The number of nitrogens with zero attached hydrogens (tertiary/aromatic N) is 1. The number of rotatable bonds is 6. The Bertz CT molecular complexity index is 650. The normalized spacial score (nSPS) is 16.7.